The summed E-state index contributed by atoms with van der Waals surface area (Å²) >= 11 is 0. The number of carbonyl (C=O) groups excluding carboxylic acids is 2. The Bertz CT molecular complexity index is 1210. The van der Waals surface area contributed by atoms with Crippen molar-refractivity contribution >= 4 is 11.9 Å². The third-order valence-corrected chi connectivity index (χ3v) is 13.9. The monoisotopic (exact) mass is 687 g/mol. The van der Waals surface area contributed by atoms with E-state index in [1.54, 1.807) is 0 Å². The number of nitrogens with one attached hydrogen (secondary N) is 1. The van der Waals surface area contributed by atoms with E-state index in [4.69, 9.17) is 16.2 Å². The Kier molecular flexibility index (Phi) is 13.6. The summed E-state index contributed by atoms with van der Waals surface area (Å²) in [7, 11) is 0. The molecule has 0 spiro atoms. The van der Waals surface area contributed by atoms with Crippen LogP contribution >= 0.6 is 0 Å². The Balaban J connectivity index is 1.68. The third kappa shape index (κ3) is 8.16. The minimum atomic E-state index is -0.542. The molecular weight excluding hydrogens is 616 g/mol. The number of rotatable bonds is 15. The number of hydrogen-bond acceptors (Lipinski definition) is 8. The molecular formula is C40H70N4O5. The molecule has 4 saturated carbocycles. The van der Waals surface area contributed by atoms with Crippen molar-refractivity contribution in [3.8, 4) is 0 Å². The molecule has 9 heteroatoms. The van der Waals surface area contributed by atoms with Crippen LogP contribution in [0.5, 0.6) is 0 Å². The van der Waals surface area contributed by atoms with Crippen LogP contribution in [0.2, 0.25) is 0 Å². The second kappa shape index (κ2) is 16.7. The smallest absolute Gasteiger partial charge is 0.303 e. The van der Waals surface area contributed by atoms with E-state index >= 15 is 0 Å². The molecule has 49 heavy (non-hydrogen) atoms. The van der Waals surface area contributed by atoms with Crippen LogP contribution in [-0.4, -0.2) is 84.6 Å². The first-order valence-corrected chi connectivity index (χ1v) is 19.4. The molecule has 3 unspecified atom stereocenters. The standard InChI is InChI=1S/C40H70N4O5/c1-26(2)12-8-13-29(37(48)43-20-11-23-44(21-9-18-41)22-10-19-42)35-31-24-33(47)36-38(5)16-15-32(46)27(3)30(38)14-17-39(36,6)40(31,7)25-34(35)49-28(4)45/h12,27,30-34,36,46-47H,8-11,13-25,41-42H2,1-7H3,(H,43,48)/b35-29-/t27-,30?,31?,32+,33+,34-,36?,38-,39-,40-/m0/s1. The molecule has 4 aliphatic rings. The van der Waals surface area contributed by atoms with Crippen molar-refractivity contribution in [2.75, 3.05) is 39.3 Å². The number of carbonyl (C=O) groups is 2. The van der Waals surface area contributed by atoms with Gasteiger partial charge in [-0.15, -0.1) is 0 Å². The van der Waals surface area contributed by atoms with Gasteiger partial charge >= 0.3 is 5.97 Å². The Labute approximate surface area is 297 Å². The summed E-state index contributed by atoms with van der Waals surface area (Å²) in [5, 5.41) is 26.4. The zero-order valence-corrected chi connectivity index (χ0v) is 31.9. The van der Waals surface area contributed by atoms with Crippen molar-refractivity contribution in [1.82, 2.24) is 10.2 Å². The van der Waals surface area contributed by atoms with E-state index in [1.807, 2.05) is 0 Å². The number of fused-ring (bicyclic) bond motifs is 5. The SMILES string of the molecule is CC(=O)O[C@H]1C[C@@]2(C)C(C[C@@H](O)C3[C@@]4(C)CC[C@@H](O)[C@@H](C)C4CC[C@@]32C)/C1=C(\CCC=C(C)C)C(=O)NCCCN(CCCN)CCCN. The fourth-order valence-corrected chi connectivity index (χ4v) is 11.4. The summed E-state index contributed by atoms with van der Waals surface area (Å²) in [5.74, 6) is 0.134. The fraction of sp³-hybridized carbons (Fsp3) is 0.850. The van der Waals surface area contributed by atoms with Crippen molar-refractivity contribution in [1.29, 1.82) is 0 Å². The van der Waals surface area contributed by atoms with E-state index in [9.17, 15) is 19.8 Å². The Hall–Kier alpha value is -1.78. The van der Waals surface area contributed by atoms with Crippen molar-refractivity contribution in [2.45, 2.75) is 137 Å². The first kappa shape index (κ1) is 40.0. The summed E-state index contributed by atoms with van der Waals surface area (Å²) in [6, 6.07) is 0. The van der Waals surface area contributed by atoms with Crippen molar-refractivity contribution < 1.29 is 24.5 Å². The number of hydrogen-bond donors (Lipinski definition) is 5. The molecule has 0 heterocycles. The highest BCUT2D eigenvalue weighted by Crippen LogP contribution is 2.74. The van der Waals surface area contributed by atoms with Crippen LogP contribution in [0, 0.1) is 39.9 Å². The van der Waals surface area contributed by atoms with E-state index in [1.165, 1.54) is 12.5 Å². The van der Waals surface area contributed by atoms with Crippen LogP contribution in [0.1, 0.15) is 119 Å². The van der Waals surface area contributed by atoms with Crippen LogP contribution < -0.4 is 16.8 Å². The summed E-state index contributed by atoms with van der Waals surface area (Å²) < 4.78 is 6.16. The lowest BCUT2D eigenvalue weighted by molar-refractivity contribution is -0.234. The van der Waals surface area contributed by atoms with Gasteiger partial charge in [0.25, 0.3) is 0 Å². The molecule has 4 rings (SSSR count). The molecule has 0 aromatic heterocycles. The molecule has 7 N–H and O–H groups in total. The number of nitrogens with zero attached hydrogens (tertiary/aromatic N) is 1. The maximum atomic E-state index is 14.3. The Morgan fingerprint density at radius 3 is 2.22 bits per heavy atom. The van der Waals surface area contributed by atoms with Gasteiger partial charge in [0.05, 0.1) is 12.2 Å². The predicted octanol–water partition coefficient (Wildman–Crippen LogP) is 5.09. The van der Waals surface area contributed by atoms with E-state index in [-0.39, 0.29) is 52.0 Å². The normalized spacial score (nSPS) is 37.9. The van der Waals surface area contributed by atoms with Gasteiger partial charge in [0.15, 0.2) is 0 Å². The van der Waals surface area contributed by atoms with Crippen molar-refractivity contribution in [2.24, 2.45) is 51.4 Å². The minimum absolute atomic E-state index is 0.0664. The van der Waals surface area contributed by atoms with Gasteiger partial charge in [0.1, 0.15) is 6.10 Å². The average molecular weight is 687 g/mol. The van der Waals surface area contributed by atoms with Crippen LogP contribution in [0.15, 0.2) is 22.8 Å². The molecule has 0 aromatic rings. The lowest BCUT2D eigenvalue weighted by atomic mass is 9.36. The number of amides is 1. The maximum absolute atomic E-state index is 14.3. The Morgan fingerprint density at radius 2 is 1.61 bits per heavy atom. The van der Waals surface area contributed by atoms with Gasteiger partial charge < -0.3 is 36.6 Å². The van der Waals surface area contributed by atoms with Gasteiger partial charge in [0, 0.05) is 19.0 Å². The van der Waals surface area contributed by atoms with Gasteiger partial charge in [-0.2, -0.15) is 0 Å². The molecule has 9 nitrogen and oxygen atoms in total. The quantitative estimate of drug-likeness (QED) is 0.0692. The van der Waals surface area contributed by atoms with Crippen LogP contribution in [0.3, 0.4) is 0 Å². The van der Waals surface area contributed by atoms with Crippen molar-refractivity contribution in [3.63, 3.8) is 0 Å². The summed E-state index contributed by atoms with van der Waals surface area (Å²) in [5.41, 5.74) is 13.8. The summed E-state index contributed by atoms with van der Waals surface area (Å²) in [4.78, 5) is 29.3. The molecule has 0 aromatic carbocycles. The lowest BCUT2D eigenvalue weighted by Gasteiger charge is -2.69. The number of nitrogens with two attached hydrogens (primary N) is 2. The second-order valence-electron chi connectivity index (χ2n) is 17.1. The predicted molar refractivity (Wildman–Crippen MR) is 196 cm³/mol. The number of aliphatic hydroxyl groups is 2. The number of ether oxygens (including phenoxy) is 1. The molecule has 0 bridgehead atoms. The van der Waals surface area contributed by atoms with Crippen LogP contribution in [0.25, 0.3) is 0 Å². The highest BCUT2D eigenvalue weighted by molar-refractivity contribution is 5.94. The van der Waals surface area contributed by atoms with E-state index in [0.717, 1.165) is 82.1 Å². The van der Waals surface area contributed by atoms with Gasteiger partial charge in [-0.25, -0.2) is 0 Å². The second-order valence-corrected chi connectivity index (χ2v) is 17.1. The van der Waals surface area contributed by atoms with E-state index in [2.05, 4.69) is 57.8 Å². The first-order valence-electron chi connectivity index (χ1n) is 19.4. The van der Waals surface area contributed by atoms with Gasteiger partial charge in [-0.05, 0) is 163 Å². The lowest BCUT2D eigenvalue weighted by Crippen LogP contribution is -2.65. The maximum Gasteiger partial charge on any atom is 0.303 e. The first-order chi connectivity index (χ1) is 23.1. The zero-order chi connectivity index (χ0) is 36.1. The van der Waals surface area contributed by atoms with E-state index in [0.29, 0.717) is 44.8 Å². The average Bonchev–Trinajstić information content (AvgIpc) is 3.31. The highest BCUT2D eigenvalue weighted by Gasteiger charge is 2.70. The van der Waals surface area contributed by atoms with Crippen LogP contribution in [0.4, 0.5) is 0 Å². The highest BCUT2D eigenvalue weighted by atomic mass is 16.5. The molecule has 0 radical (unpaired) electrons. The topological polar surface area (TPSA) is 151 Å². The zero-order valence-electron chi connectivity index (χ0n) is 31.9. The van der Waals surface area contributed by atoms with E-state index < -0.39 is 12.2 Å². The van der Waals surface area contributed by atoms with Crippen LogP contribution in [-0.2, 0) is 14.3 Å². The summed E-state index contributed by atoms with van der Waals surface area (Å²) in [6.45, 7) is 19.5. The van der Waals surface area contributed by atoms with Crippen molar-refractivity contribution in [3.05, 3.63) is 22.8 Å². The fourth-order valence-electron chi connectivity index (χ4n) is 11.4. The molecule has 1 amide bonds. The molecule has 4 fully saturated rings. The Morgan fingerprint density at radius 1 is 0.959 bits per heavy atom. The third-order valence-electron chi connectivity index (χ3n) is 13.9. The van der Waals surface area contributed by atoms with Gasteiger partial charge in [-0.3, -0.25) is 9.59 Å². The molecule has 280 valence electrons. The van der Waals surface area contributed by atoms with Gasteiger partial charge in [0.2, 0.25) is 5.91 Å². The number of aliphatic hydroxyl groups excluding tert-OH is 2. The number of esters is 1. The van der Waals surface area contributed by atoms with Gasteiger partial charge in [-0.1, -0.05) is 39.3 Å². The number of allylic oxidation sites excluding steroid dienone is 2. The molecule has 10 atom stereocenters. The molecule has 4 aliphatic carbocycles. The summed E-state index contributed by atoms with van der Waals surface area (Å²) in [6.07, 6.45) is 9.64. The molecule has 0 aliphatic heterocycles. The minimum Gasteiger partial charge on any atom is -0.458 e. The largest absolute Gasteiger partial charge is 0.458 e. The molecule has 0 saturated heterocycles.